The van der Waals surface area contributed by atoms with Crippen molar-refractivity contribution in [2.45, 2.75) is 6.92 Å². The number of hydrogen-bond donors (Lipinski definition) is 2. The molecule has 0 saturated carbocycles. The Balaban J connectivity index is 2.49. The van der Waals surface area contributed by atoms with Gasteiger partial charge in [0.1, 0.15) is 5.69 Å². The van der Waals surface area contributed by atoms with Crippen LogP contribution < -0.4 is 0 Å². The lowest BCUT2D eigenvalue weighted by Crippen LogP contribution is -1.98. The number of aromatic nitrogens is 2. The van der Waals surface area contributed by atoms with Gasteiger partial charge in [-0.15, -0.1) is 0 Å². The lowest BCUT2D eigenvalue weighted by atomic mass is 10.1. The molecule has 0 fully saturated rings. The van der Waals surface area contributed by atoms with Crippen molar-refractivity contribution in [3.8, 4) is 11.1 Å². The smallest absolute Gasteiger partial charge is 0.352 e. The number of aryl methyl sites for hydroxylation is 1. The summed E-state index contributed by atoms with van der Waals surface area (Å²) in [6, 6.07) is 5.45. The average Bonchev–Trinajstić information content (AvgIpc) is 2.67. The fraction of sp³-hybridized carbons (Fsp3) is 0.0909. The van der Waals surface area contributed by atoms with Crippen molar-refractivity contribution < 1.29 is 9.90 Å². The van der Waals surface area contributed by atoms with Crippen molar-refractivity contribution in [1.82, 2.24) is 9.97 Å². The maximum Gasteiger partial charge on any atom is 0.352 e. The van der Waals surface area contributed by atoms with Gasteiger partial charge >= 0.3 is 5.97 Å². The number of carboxylic acids is 1. The first-order valence-electron chi connectivity index (χ1n) is 4.52. The Labute approximate surface area is 86.6 Å². The lowest BCUT2D eigenvalue weighted by Gasteiger charge is -2.00. The number of pyridine rings is 1. The van der Waals surface area contributed by atoms with E-state index in [0.717, 1.165) is 11.3 Å². The first-order valence-corrected chi connectivity index (χ1v) is 4.52. The van der Waals surface area contributed by atoms with Crippen LogP contribution in [0.2, 0.25) is 0 Å². The fourth-order valence-corrected chi connectivity index (χ4v) is 1.41. The third kappa shape index (κ3) is 1.74. The van der Waals surface area contributed by atoms with Gasteiger partial charge in [-0.05, 0) is 19.1 Å². The number of nitrogens with zero attached hydrogens (tertiary/aromatic N) is 1. The van der Waals surface area contributed by atoms with E-state index in [0.29, 0.717) is 5.56 Å². The third-order valence-electron chi connectivity index (χ3n) is 2.18. The minimum atomic E-state index is -0.962. The molecule has 0 radical (unpaired) electrons. The summed E-state index contributed by atoms with van der Waals surface area (Å²) in [7, 11) is 0. The summed E-state index contributed by atoms with van der Waals surface area (Å²) in [5.41, 5.74) is 2.57. The van der Waals surface area contributed by atoms with E-state index in [1.165, 1.54) is 0 Å². The van der Waals surface area contributed by atoms with E-state index in [2.05, 4.69) is 9.97 Å². The zero-order valence-electron chi connectivity index (χ0n) is 8.19. The Kier molecular flexibility index (Phi) is 2.25. The van der Waals surface area contributed by atoms with Crippen LogP contribution in [-0.4, -0.2) is 21.0 Å². The normalized spacial score (nSPS) is 10.2. The Morgan fingerprint density at radius 3 is 2.80 bits per heavy atom. The molecule has 0 amide bonds. The molecular weight excluding hydrogens is 192 g/mol. The maximum absolute atomic E-state index is 10.9. The molecule has 2 N–H and O–H groups in total. The number of H-pyrrole nitrogens is 1. The molecule has 2 heterocycles. The lowest BCUT2D eigenvalue weighted by molar-refractivity contribution is 0.0692. The van der Waals surface area contributed by atoms with Crippen LogP contribution in [-0.2, 0) is 0 Å². The Hall–Kier alpha value is -2.10. The fourth-order valence-electron chi connectivity index (χ4n) is 1.41. The molecule has 2 aromatic rings. The van der Waals surface area contributed by atoms with Crippen LogP contribution in [0.25, 0.3) is 11.1 Å². The molecule has 0 aliphatic rings. The van der Waals surface area contributed by atoms with E-state index in [9.17, 15) is 4.79 Å². The van der Waals surface area contributed by atoms with Gasteiger partial charge in [-0.2, -0.15) is 0 Å². The van der Waals surface area contributed by atoms with E-state index in [-0.39, 0.29) is 5.69 Å². The van der Waals surface area contributed by atoms with Crippen LogP contribution in [0.15, 0.2) is 30.6 Å². The minimum Gasteiger partial charge on any atom is -0.477 e. The second-order valence-electron chi connectivity index (χ2n) is 3.26. The van der Waals surface area contributed by atoms with E-state index < -0.39 is 5.97 Å². The van der Waals surface area contributed by atoms with Crippen LogP contribution in [0.1, 0.15) is 16.2 Å². The number of carbonyl (C=O) groups is 1. The monoisotopic (exact) mass is 202 g/mol. The van der Waals surface area contributed by atoms with Gasteiger partial charge in [0.25, 0.3) is 0 Å². The molecular formula is C11H10N2O2. The first kappa shape index (κ1) is 9.45. The van der Waals surface area contributed by atoms with Gasteiger partial charge in [0.15, 0.2) is 0 Å². The zero-order chi connectivity index (χ0) is 10.8. The van der Waals surface area contributed by atoms with E-state index in [4.69, 9.17) is 5.11 Å². The molecule has 4 nitrogen and oxygen atoms in total. The van der Waals surface area contributed by atoms with Crippen molar-refractivity contribution in [3.05, 3.63) is 42.0 Å². The number of nitrogens with one attached hydrogen (secondary N) is 1. The molecule has 4 heteroatoms. The van der Waals surface area contributed by atoms with Crippen LogP contribution in [0.5, 0.6) is 0 Å². The maximum atomic E-state index is 10.9. The average molecular weight is 202 g/mol. The van der Waals surface area contributed by atoms with Gasteiger partial charge in [0.05, 0.1) is 0 Å². The molecule has 76 valence electrons. The van der Waals surface area contributed by atoms with Crippen LogP contribution in [0.3, 0.4) is 0 Å². The van der Waals surface area contributed by atoms with Crippen molar-refractivity contribution in [1.29, 1.82) is 0 Å². The van der Waals surface area contributed by atoms with Crippen molar-refractivity contribution in [3.63, 3.8) is 0 Å². The van der Waals surface area contributed by atoms with Crippen LogP contribution in [0, 0.1) is 6.92 Å². The number of aromatic carboxylic acids is 1. The number of aromatic amines is 1. The summed E-state index contributed by atoms with van der Waals surface area (Å²) in [5, 5.41) is 8.92. The van der Waals surface area contributed by atoms with Crippen LogP contribution in [0.4, 0.5) is 0 Å². The van der Waals surface area contributed by atoms with Gasteiger partial charge in [-0.25, -0.2) is 4.79 Å². The molecule has 2 rings (SSSR count). The summed E-state index contributed by atoms with van der Waals surface area (Å²) in [4.78, 5) is 17.7. The van der Waals surface area contributed by atoms with E-state index >= 15 is 0 Å². The molecule has 0 spiro atoms. The molecule has 0 aliphatic carbocycles. The standard InChI is InChI=1S/C11H10N2O2/c1-7-2-3-8(6-13-7)9-4-5-12-10(9)11(14)15/h2-6,12H,1H3,(H,14,15). The number of hydrogen-bond acceptors (Lipinski definition) is 2. The summed E-state index contributed by atoms with van der Waals surface area (Å²) in [6.45, 7) is 1.89. The highest BCUT2D eigenvalue weighted by molar-refractivity contribution is 5.94. The third-order valence-corrected chi connectivity index (χ3v) is 2.18. The van der Waals surface area contributed by atoms with Gasteiger partial charge in [-0.3, -0.25) is 4.98 Å². The number of carboxylic acid groups (broad SMARTS) is 1. The summed E-state index contributed by atoms with van der Waals surface area (Å²) in [6.07, 6.45) is 3.28. The van der Waals surface area contributed by atoms with Gasteiger partial charge in [0.2, 0.25) is 0 Å². The van der Waals surface area contributed by atoms with Crippen LogP contribution >= 0.6 is 0 Å². The molecule has 0 atom stereocenters. The van der Waals surface area contributed by atoms with Gasteiger partial charge < -0.3 is 10.1 Å². The molecule has 0 bridgehead atoms. The molecule has 0 aromatic carbocycles. The topological polar surface area (TPSA) is 66.0 Å². The second-order valence-corrected chi connectivity index (χ2v) is 3.26. The Bertz CT molecular complexity index is 486. The van der Waals surface area contributed by atoms with Gasteiger partial charge in [-0.1, -0.05) is 6.07 Å². The highest BCUT2D eigenvalue weighted by Gasteiger charge is 2.12. The highest BCUT2D eigenvalue weighted by atomic mass is 16.4. The largest absolute Gasteiger partial charge is 0.477 e. The predicted molar refractivity (Wildman–Crippen MR) is 55.7 cm³/mol. The Morgan fingerprint density at radius 2 is 2.20 bits per heavy atom. The van der Waals surface area contributed by atoms with Crippen molar-refractivity contribution in [2.75, 3.05) is 0 Å². The SMILES string of the molecule is Cc1ccc(-c2cc[nH]c2C(=O)O)cn1. The Morgan fingerprint density at radius 1 is 1.40 bits per heavy atom. The molecule has 0 aliphatic heterocycles. The summed E-state index contributed by atoms with van der Waals surface area (Å²) < 4.78 is 0. The summed E-state index contributed by atoms with van der Waals surface area (Å²) >= 11 is 0. The van der Waals surface area contributed by atoms with E-state index in [1.54, 1.807) is 18.5 Å². The highest BCUT2D eigenvalue weighted by Crippen LogP contribution is 2.22. The number of rotatable bonds is 2. The second kappa shape index (κ2) is 3.57. The molecule has 15 heavy (non-hydrogen) atoms. The quantitative estimate of drug-likeness (QED) is 0.783. The van der Waals surface area contributed by atoms with Crippen molar-refractivity contribution >= 4 is 5.97 Å². The van der Waals surface area contributed by atoms with Gasteiger partial charge in [0, 0.05) is 29.2 Å². The summed E-state index contributed by atoms with van der Waals surface area (Å²) in [5.74, 6) is -0.962. The predicted octanol–water partition coefficient (Wildman–Crippen LogP) is 2.08. The molecule has 0 unspecified atom stereocenters. The zero-order valence-corrected chi connectivity index (χ0v) is 8.19. The molecule has 0 saturated heterocycles. The van der Waals surface area contributed by atoms with E-state index in [1.807, 2.05) is 19.1 Å². The molecule has 2 aromatic heterocycles. The first-order chi connectivity index (χ1) is 7.18. The van der Waals surface area contributed by atoms with Crippen molar-refractivity contribution in [2.24, 2.45) is 0 Å². The minimum absolute atomic E-state index is 0.195.